The molecule has 2 unspecified atom stereocenters. The molecule has 1 aromatic rings. The molecule has 0 aromatic carbocycles. The van der Waals surface area contributed by atoms with Crippen LogP contribution in [0.2, 0.25) is 0 Å². The Morgan fingerprint density at radius 3 is 3.31 bits per heavy atom. The topological polar surface area (TPSA) is 30.5 Å². The molecule has 1 aromatic heterocycles. The molecule has 0 aliphatic carbocycles. The molecular weight excluding hydrogens is 222 g/mol. The fourth-order valence-corrected chi connectivity index (χ4v) is 2.54. The van der Waals surface area contributed by atoms with Crippen LogP contribution in [0.4, 0.5) is 0 Å². The van der Waals surface area contributed by atoms with Crippen LogP contribution in [0, 0.1) is 0 Å². The van der Waals surface area contributed by atoms with Gasteiger partial charge in [-0.15, -0.1) is 11.3 Å². The van der Waals surface area contributed by atoms with Crippen molar-refractivity contribution in [1.29, 1.82) is 0 Å². The lowest BCUT2D eigenvalue weighted by molar-refractivity contribution is 0.0437. The summed E-state index contributed by atoms with van der Waals surface area (Å²) in [6.45, 7) is 5.47. The molecule has 16 heavy (non-hydrogen) atoms. The molecule has 0 radical (unpaired) electrons. The molecule has 1 fully saturated rings. The highest BCUT2D eigenvalue weighted by Gasteiger charge is 2.15. The van der Waals surface area contributed by atoms with Crippen molar-refractivity contribution in [1.82, 2.24) is 5.32 Å². The van der Waals surface area contributed by atoms with Crippen molar-refractivity contribution in [2.75, 3.05) is 26.4 Å². The molecule has 90 valence electrons. The van der Waals surface area contributed by atoms with Crippen LogP contribution < -0.4 is 5.32 Å². The average molecular weight is 241 g/mol. The van der Waals surface area contributed by atoms with E-state index in [0.717, 1.165) is 32.8 Å². The molecule has 2 atom stereocenters. The van der Waals surface area contributed by atoms with Crippen LogP contribution in [-0.4, -0.2) is 32.5 Å². The van der Waals surface area contributed by atoms with Crippen LogP contribution in [-0.2, 0) is 9.47 Å². The standard InChI is InChI=1S/C12H19NO2S/c1-10(12-3-2-8-16-12)13-5-7-15-11-4-6-14-9-11/h2-3,8,10-11,13H,4-7,9H2,1H3. The smallest absolute Gasteiger partial charge is 0.0831 e. The van der Waals surface area contributed by atoms with Gasteiger partial charge in [0, 0.05) is 24.1 Å². The molecule has 2 rings (SSSR count). The highest BCUT2D eigenvalue weighted by molar-refractivity contribution is 7.10. The normalized spacial score (nSPS) is 22.4. The van der Waals surface area contributed by atoms with Gasteiger partial charge in [0.25, 0.3) is 0 Å². The van der Waals surface area contributed by atoms with Crippen molar-refractivity contribution < 1.29 is 9.47 Å². The highest BCUT2D eigenvalue weighted by atomic mass is 32.1. The Hall–Kier alpha value is -0.420. The molecule has 1 aliphatic heterocycles. The van der Waals surface area contributed by atoms with Crippen molar-refractivity contribution in [2.45, 2.75) is 25.5 Å². The van der Waals surface area contributed by atoms with E-state index in [1.807, 2.05) is 0 Å². The van der Waals surface area contributed by atoms with Gasteiger partial charge < -0.3 is 14.8 Å². The first-order valence-electron chi connectivity index (χ1n) is 5.82. The zero-order valence-corrected chi connectivity index (χ0v) is 10.5. The molecule has 1 saturated heterocycles. The van der Waals surface area contributed by atoms with E-state index in [9.17, 15) is 0 Å². The number of thiophene rings is 1. The van der Waals surface area contributed by atoms with Crippen molar-refractivity contribution in [3.05, 3.63) is 22.4 Å². The van der Waals surface area contributed by atoms with Crippen LogP contribution in [0.25, 0.3) is 0 Å². The largest absolute Gasteiger partial charge is 0.379 e. The van der Waals surface area contributed by atoms with Gasteiger partial charge in [0.1, 0.15) is 0 Å². The SMILES string of the molecule is CC(NCCOC1CCOC1)c1cccs1. The molecule has 0 amide bonds. The van der Waals surface area contributed by atoms with Gasteiger partial charge in [0.2, 0.25) is 0 Å². The van der Waals surface area contributed by atoms with Crippen LogP contribution in [0.3, 0.4) is 0 Å². The molecule has 0 saturated carbocycles. The zero-order chi connectivity index (χ0) is 11.2. The average Bonchev–Trinajstić information content (AvgIpc) is 2.96. The molecular formula is C12H19NO2S. The monoisotopic (exact) mass is 241 g/mol. The number of rotatable bonds is 6. The molecule has 1 aliphatic rings. The Kier molecular flexibility index (Phi) is 4.78. The Morgan fingerprint density at radius 2 is 2.62 bits per heavy atom. The van der Waals surface area contributed by atoms with E-state index in [1.165, 1.54) is 4.88 Å². The maximum atomic E-state index is 5.69. The van der Waals surface area contributed by atoms with Crippen LogP contribution in [0.15, 0.2) is 17.5 Å². The van der Waals surface area contributed by atoms with E-state index in [4.69, 9.17) is 9.47 Å². The first kappa shape index (κ1) is 12.0. The van der Waals surface area contributed by atoms with Gasteiger partial charge in [0.05, 0.1) is 19.3 Å². The maximum absolute atomic E-state index is 5.69. The van der Waals surface area contributed by atoms with Gasteiger partial charge in [-0.1, -0.05) is 6.07 Å². The van der Waals surface area contributed by atoms with Crippen LogP contribution in [0.5, 0.6) is 0 Å². The van der Waals surface area contributed by atoms with Crippen molar-refractivity contribution in [3.63, 3.8) is 0 Å². The minimum Gasteiger partial charge on any atom is -0.379 e. The molecule has 1 N–H and O–H groups in total. The number of hydrogen-bond donors (Lipinski definition) is 1. The van der Waals surface area contributed by atoms with Gasteiger partial charge in [-0.2, -0.15) is 0 Å². The predicted octanol–water partition coefficient (Wildman–Crippen LogP) is 2.20. The third-order valence-corrected chi connectivity index (χ3v) is 3.82. The van der Waals surface area contributed by atoms with E-state index in [2.05, 4.69) is 29.8 Å². The summed E-state index contributed by atoms with van der Waals surface area (Å²) in [4.78, 5) is 1.38. The van der Waals surface area contributed by atoms with E-state index in [1.54, 1.807) is 11.3 Å². The summed E-state index contributed by atoms with van der Waals surface area (Å²) < 4.78 is 10.9. The lowest BCUT2D eigenvalue weighted by Crippen LogP contribution is -2.25. The first-order chi connectivity index (χ1) is 7.86. The van der Waals surface area contributed by atoms with Gasteiger partial charge in [-0.05, 0) is 24.8 Å². The number of hydrogen-bond acceptors (Lipinski definition) is 4. The Labute approximate surface area is 101 Å². The second-order valence-electron chi connectivity index (χ2n) is 4.05. The van der Waals surface area contributed by atoms with Gasteiger partial charge in [-0.3, -0.25) is 0 Å². The van der Waals surface area contributed by atoms with E-state index in [0.29, 0.717) is 12.1 Å². The summed E-state index contributed by atoms with van der Waals surface area (Å²) >= 11 is 1.79. The third-order valence-electron chi connectivity index (χ3n) is 2.76. The maximum Gasteiger partial charge on any atom is 0.0831 e. The fourth-order valence-electron chi connectivity index (χ4n) is 1.78. The van der Waals surface area contributed by atoms with Gasteiger partial charge >= 0.3 is 0 Å². The van der Waals surface area contributed by atoms with Crippen molar-refractivity contribution in [3.8, 4) is 0 Å². The minimum absolute atomic E-state index is 0.318. The molecule has 0 bridgehead atoms. The minimum atomic E-state index is 0.318. The summed E-state index contributed by atoms with van der Waals surface area (Å²) in [6, 6.07) is 4.67. The molecule has 3 nitrogen and oxygen atoms in total. The number of ether oxygens (including phenoxy) is 2. The summed E-state index contributed by atoms with van der Waals surface area (Å²) in [5.41, 5.74) is 0. The Bertz CT molecular complexity index is 283. The highest BCUT2D eigenvalue weighted by Crippen LogP contribution is 2.17. The predicted molar refractivity (Wildman–Crippen MR) is 65.9 cm³/mol. The molecule has 0 spiro atoms. The summed E-state index contributed by atoms with van der Waals surface area (Å²) in [7, 11) is 0. The van der Waals surface area contributed by atoms with Crippen LogP contribution >= 0.6 is 11.3 Å². The molecule has 4 heteroatoms. The van der Waals surface area contributed by atoms with Crippen LogP contribution in [0.1, 0.15) is 24.3 Å². The Balaban J connectivity index is 1.57. The summed E-state index contributed by atoms with van der Waals surface area (Å²) in [5.74, 6) is 0. The van der Waals surface area contributed by atoms with E-state index >= 15 is 0 Å². The molecule has 2 heterocycles. The quantitative estimate of drug-likeness (QED) is 0.775. The second kappa shape index (κ2) is 6.35. The lowest BCUT2D eigenvalue weighted by Gasteiger charge is -2.14. The zero-order valence-electron chi connectivity index (χ0n) is 9.65. The second-order valence-corrected chi connectivity index (χ2v) is 5.03. The Morgan fingerprint density at radius 1 is 1.69 bits per heavy atom. The van der Waals surface area contributed by atoms with E-state index in [-0.39, 0.29) is 0 Å². The third kappa shape index (κ3) is 3.56. The summed E-state index contributed by atoms with van der Waals surface area (Å²) in [5, 5.41) is 5.56. The summed E-state index contributed by atoms with van der Waals surface area (Å²) in [6.07, 6.45) is 1.36. The van der Waals surface area contributed by atoms with Gasteiger partial charge in [-0.25, -0.2) is 0 Å². The lowest BCUT2D eigenvalue weighted by atomic mass is 10.3. The van der Waals surface area contributed by atoms with Crippen molar-refractivity contribution in [2.24, 2.45) is 0 Å². The van der Waals surface area contributed by atoms with Gasteiger partial charge in [0.15, 0.2) is 0 Å². The van der Waals surface area contributed by atoms with Crippen molar-refractivity contribution >= 4 is 11.3 Å². The number of nitrogens with one attached hydrogen (secondary N) is 1. The fraction of sp³-hybridized carbons (Fsp3) is 0.667. The first-order valence-corrected chi connectivity index (χ1v) is 6.70. The van der Waals surface area contributed by atoms with E-state index < -0.39 is 0 Å².